The molecule has 1 N–H and O–H groups in total. The van der Waals surface area contributed by atoms with Crippen LogP contribution in [0.4, 0.5) is 0 Å². The largest absolute Gasteiger partial charge is 0.311 e. The minimum Gasteiger partial charge on any atom is -0.311 e. The third-order valence-electron chi connectivity index (χ3n) is 4.70. The van der Waals surface area contributed by atoms with Crippen LogP contribution < -0.4 is 5.32 Å². The first-order valence-electron chi connectivity index (χ1n) is 7.37. The third kappa shape index (κ3) is 3.49. The second kappa shape index (κ2) is 6.40. The zero-order chi connectivity index (χ0) is 13.0. The van der Waals surface area contributed by atoms with Gasteiger partial charge in [-0.05, 0) is 32.6 Å². The molecule has 2 nitrogen and oxygen atoms in total. The van der Waals surface area contributed by atoms with Gasteiger partial charge in [0.25, 0.3) is 0 Å². The van der Waals surface area contributed by atoms with Crippen LogP contribution in [0.1, 0.15) is 46.0 Å². The average Bonchev–Trinajstić information content (AvgIpc) is 2.38. The van der Waals surface area contributed by atoms with E-state index in [1.165, 1.54) is 38.6 Å². The van der Waals surface area contributed by atoms with Crippen molar-refractivity contribution in [3.8, 4) is 0 Å². The topological polar surface area (TPSA) is 15.3 Å². The van der Waals surface area contributed by atoms with E-state index < -0.39 is 0 Å². The predicted octanol–water partition coefficient (Wildman–Crippen LogP) is 3.37. The van der Waals surface area contributed by atoms with Gasteiger partial charge in [0.05, 0.1) is 0 Å². The Bertz CT molecular complexity index is 282. The van der Waals surface area contributed by atoms with E-state index in [1.54, 1.807) is 5.54 Å². The molecule has 2 rings (SSSR count). The quantitative estimate of drug-likeness (QED) is 0.846. The second-order valence-corrected chi connectivity index (χ2v) is 6.72. The molecule has 3 heteroatoms. The van der Waals surface area contributed by atoms with Crippen molar-refractivity contribution in [2.24, 2.45) is 5.92 Å². The summed E-state index contributed by atoms with van der Waals surface area (Å²) in [5.74, 6) is 0.886. The average molecular weight is 271 g/mol. The Morgan fingerprint density at radius 3 is 2.67 bits per heavy atom. The lowest BCUT2D eigenvalue weighted by molar-refractivity contribution is 0.0544. The van der Waals surface area contributed by atoms with Gasteiger partial charge in [-0.3, -0.25) is 4.90 Å². The van der Waals surface area contributed by atoms with Crippen LogP contribution >= 0.6 is 11.6 Å². The minimum atomic E-state index is 0.238. The molecule has 0 aromatic carbocycles. The summed E-state index contributed by atoms with van der Waals surface area (Å²) in [7, 11) is 0. The smallest absolute Gasteiger partial charge is 0.0281 e. The van der Waals surface area contributed by atoms with Crippen LogP contribution in [0.5, 0.6) is 0 Å². The Hall–Kier alpha value is -0.0500. The van der Waals surface area contributed by atoms with E-state index in [4.69, 9.17) is 11.6 Å². The van der Waals surface area contributed by atoms with E-state index >= 15 is 0 Å². The molecule has 1 aliphatic heterocycles. The van der Waals surface area contributed by atoms with E-state index in [1.807, 2.05) is 0 Å². The Labute approximate surface area is 117 Å². The molecular formula is C15H27ClN2. The highest BCUT2D eigenvalue weighted by Gasteiger charge is 2.36. The number of hydrogen-bond donors (Lipinski definition) is 1. The Balaban J connectivity index is 1.95. The van der Waals surface area contributed by atoms with Crippen molar-refractivity contribution < 1.29 is 0 Å². The van der Waals surface area contributed by atoms with Crippen molar-refractivity contribution in [1.29, 1.82) is 0 Å². The van der Waals surface area contributed by atoms with Crippen LogP contribution in [0, 0.1) is 5.92 Å². The molecule has 1 unspecified atom stereocenters. The van der Waals surface area contributed by atoms with Gasteiger partial charge in [0.15, 0.2) is 0 Å². The highest BCUT2D eigenvalue weighted by Crippen LogP contribution is 2.30. The summed E-state index contributed by atoms with van der Waals surface area (Å²) >= 11 is 5.68. The lowest BCUT2D eigenvalue weighted by Crippen LogP contribution is -2.63. The first kappa shape index (κ1) is 14.4. The van der Waals surface area contributed by atoms with Gasteiger partial charge >= 0.3 is 0 Å². The molecule has 0 radical (unpaired) electrons. The standard InChI is InChI=1S/C15H27ClN2/c1-15(2)12-17-14(11-18(15)10-6-9-16)13-7-4-3-5-8-13/h6,9,13-14,17H,3-5,7-8,10-12H2,1-2H3/b9-6+. The minimum absolute atomic E-state index is 0.238. The molecule has 0 spiro atoms. The van der Waals surface area contributed by atoms with Crippen LogP contribution in [-0.2, 0) is 0 Å². The van der Waals surface area contributed by atoms with Crippen LogP contribution in [0.25, 0.3) is 0 Å². The first-order chi connectivity index (χ1) is 8.63. The van der Waals surface area contributed by atoms with E-state index in [9.17, 15) is 0 Å². The highest BCUT2D eigenvalue weighted by atomic mass is 35.5. The molecule has 0 amide bonds. The zero-order valence-corrected chi connectivity index (χ0v) is 12.5. The van der Waals surface area contributed by atoms with Gasteiger partial charge in [-0.2, -0.15) is 0 Å². The van der Waals surface area contributed by atoms with Crippen LogP contribution in [0.3, 0.4) is 0 Å². The number of hydrogen-bond acceptors (Lipinski definition) is 2. The normalized spacial score (nSPS) is 30.9. The SMILES string of the molecule is CC1(C)CNC(C2CCCCC2)CN1C/C=C/Cl. The lowest BCUT2D eigenvalue weighted by Gasteiger charge is -2.48. The lowest BCUT2D eigenvalue weighted by atomic mass is 9.81. The summed E-state index contributed by atoms with van der Waals surface area (Å²) in [6, 6.07) is 0.682. The predicted molar refractivity (Wildman–Crippen MR) is 79.0 cm³/mol. The maximum Gasteiger partial charge on any atom is 0.0281 e. The van der Waals surface area contributed by atoms with Crippen molar-refractivity contribution in [3.05, 3.63) is 11.6 Å². The molecule has 18 heavy (non-hydrogen) atoms. The van der Waals surface area contributed by atoms with Crippen LogP contribution in [-0.4, -0.2) is 36.1 Å². The summed E-state index contributed by atoms with van der Waals surface area (Å²) in [6.07, 6.45) is 9.18. The zero-order valence-electron chi connectivity index (χ0n) is 11.8. The summed E-state index contributed by atoms with van der Waals surface area (Å²) in [6.45, 7) is 7.86. The van der Waals surface area contributed by atoms with Gasteiger partial charge in [0.2, 0.25) is 0 Å². The van der Waals surface area contributed by atoms with Gasteiger partial charge in [0.1, 0.15) is 0 Å². The highest BCUT2D eigenvalue weighted by molar-refractivity contribution is 6.25. The second-order valence-electron chi connectivity index (χ2n) is 6.46. The molecule has 1 aliphatic carbocycles. The van der Waals surface area contributed by atoms with Crippen LogP contribution in [0.15, 0.2) is 11.6 Å². The molecule has 104 valence electrons. The first-order valence-corrected chi connectivity index (χ1v) is 7.81. The Morgan fingerprint density at radius 2 is 2.00 bits per heavy atom. The molecule has 2 aliphatic rings. The van der Waals surface area contributed by atoms with Crippen LogP contribution in [0.2, 0.25) is 0 Å². The van der Waals surface area contributed by atoms with Crippen molar-refractivity contribution >= 4 is 11.6 Å². The summed E-state index contributed by atoms with van der Waals surface area (Å²) in [5, 5.41) is 3.79. The Morgan fingerprint density at radius 1 is 1.28 bits per heavy atom. The molecule has 1 saturated carbocycles. The maximum atomic E-state index is 5.68. The number of nitrogens with one attached hydrogen (secondary N) is 1. The number of rotatable bonds is 3. The number of piperazine rings is 1. The van der Waals surface area contributed by atoms with Gasteiger partial charge < -0.3 is 5.32 Å². The molecule has 2 fully saturated rings. The van der Waals surface area contributed by atoms with Gasteiger partial charge in [-0.15, -0.1) is 0 Å². The number of halogens is 1. The molecular weight excluding hydrogens is 244 g/mol. The summed E-state index contributed by atoms with van der Waals surface area (Å²) in [4.78, 5) is 2.57. The molecule has 0 bridgehead atoms. The Kier molecular flexibility index (Phi) is 5.11. The molecule has 0 aromatic heterocycles. The van der Waals surface area contributed by atoms with E-state index in [0.717, 1.165) is 19.0 Å². The van der Waals surface area contributed by atoms with Crippen molar-refractivity contribution in [2.75, 3.05) is 19.6 Å². The summed E-state index contributed by atoms with van der Waals surface area (Å²) in [5.41, 5.74) is 1.88. The van der Waals surface area contributed by atoms with E-state index in [0.29, 0.717) is 6.04 Å². The fourth-order valence-electron chi connectivity index (χ4n) is 3.38. The van der Waals surface area contributed by atoms with Gasteiger partial charge in [-0.1, -0.05) is 36.9 Å². The fourth-order valence-corrected chi connectivity index (χ4v) is 3.46. The van der Waals surface area contributed by atoms with E-state index in [2.05, 4.69) is 30.1 Å². The van der Waals surface area contributed by atoms with Gasteiger partial charge in [0, 0.05) is 36.8 Å². The fraction of sp³-hybridized carbons (Fsp3) is 0.867. The van der Waals surface area contributed by atoms with E-state index in [-0.39, 0.29) is 5.54 Å². The van der Waals surface area contributed by atoms with Crippen molar-refractivity contribution in [2.45, 2.75) is 57.5 Å². The number of nitrogens with zero attached hydrogens (tertiary/aromatic N) is 1. The van der Waals surface area contributed by atoms with Gasteiger partial charge in [-0.25, -0.2) is 0 Å². The molecule has 1 saturated heterocycles. The molecule has 0 aromatic rings. The molecule has 1 atom stereocenters. The maximum absolute atomic E-state index is 5.68. The molecule has 1 heterocycles. The summed E-state index contributed by atoms with van der Waals surface area (Å²) < 4.78 is 0. The van der Waals surface area contributed by atoms with Crippen molar-refractivity contribution in [1.82, 2.24) is 10.2 Å². The third-order valence-corrected chi connectivity index (χ3v) is 4.88. The van der Waals surface area contributed by atoms with Crippen molar-refractivity contribution in [3.63, 3.8) is 0 Å². The monoisotopic (exact) mass is 270 g/mol.